The number of imidazole rings is 1. The Morgan fingerprint density at radius 1 is 1.12 bits per heavy atom. The number of carbonyl (C=O) groups is 1. The first-order chi connectivity index (χ1) is 16.5. The lowest BCUT2D eigenvalue weighted by molar-refractivity contribution is -0.0502. The second kappa shape index (κ2) is 9.60. The third-order valence-corrected chi connectivity index (χ3v) is 6.69. The highest BCUT2D eigenvalue weighted by molar-refractivity contribution is 6.02. The first-order valence-electron chi connectivity index (χ1n) is 11.8. The minimum Gasteiger partial charge on any atom is -0.496 e. The molecule has 3 aromatic rings. The van der Waals surface area contributed by atoms with Crippen LogP contribution < -0.4 is 14.2 Å². The monoisotopic (exact) mass is 470 g/mol. The number of pyridine rings is 1. The average Bonchev–Trinajstić information content (AvgIpc) is 3.30. The summed E-state index contributed by atoms with van der Waals surface area (Å²) in [6.07, 6.45) is 10.7. The topological polar surface area (TPSA) is 62.1 Å². The first kappa shape index (κ1) is 22.6. The highest BCUT2D eigenvalue weighted by atomic mass is 19.3. The summed E-state index contributed by atoms with van der Waals surface area (Å²) in [5, 5.41) is 0. The second-order valence-electron chi connectivity index (χ2n) is 9.20. The molecule has 2 fully saturated rings. The Bertz CT molecular complexity index is 1180. The number of fused-ring (bicyclic) bond motifs is 1. The molecule has 0 aliphatic heterocycles. The van der Waals surface area contributed by atoms with Gasteiger partial charge in [0.05, 0.1) is 25.6 Å². The molecule has 6 nitrogen and oxygen atoms in total. The smallest absolute Gasteiger partial charge is 0.387 e. The molecule has 2 heterocycles. The molecule has 0 N–H and O–H groups in total. The maximum Gasteiger partial charge on any atom is 0.387 e. The molecule has 1 aromatic carbocycles. The number of aromatic nitrogens is 2. The number of nitrogens with zero attached hydrogens (tertiary/aromatic N) is 2. The summed E-state index contributed by atoms with van der Waals surface area (Å²) in [5.74, 6) is 1.45. The highest BCUT2D eigenvalue weighted by Crippen LogP contribution is 2.40. The largest absolute Gasteiger partial charge is 0.496 e. The molecule has 2 aliphatic carbocycles. The van der Waals surface area contributed by atoms with Gasteiger partial charge in [-0.3, -0.25) is 9.20 Å². The maximum absolute atomic E-state index is 13.2. The molecule has 0 spiro atoms. The van der Waals surface area contributed by atoms with E-state index in [9.17, 15) is 13.6 Å². The van der Waals surface area contributed by atoms with Crippen LogP contribution in [0.1, 0.15) is 55.3 Å². The van der Waals surface area contributed by atoms with Crippen LogP contribution >= 0.6 is 0 Å². The third kappa shape index (κ3) is 4.86. The zero-order valence-corrected chi connectivity index (χ0v) is 19.1. The molecule has 0 saturated heterocycles. The Morgan fingerprint density at radius 2 is 1.88 bits per heavy atom. The Hall–Kier alpha value is -3.16. The summed E-state index contributed by atoms with van der Waals surface area (Å²) in [4.78, 5) is 17.3. The van der Waals surface area contributed by atoms with Crippen LogP contribution in [-0.4, -0.2) is 35.5 Å². The van der Waals surface area contributed by atoms with Crippen molar-refractivity contribution >= 4 is 11.4 Å². The molecule has 5 rings (SSSR count). The van der Waals surface area contributed by atoms with E-state index in [1.807, 2.05) is 22.7 Å². The van der Waals surface area contributed by atoms with Gasteiger partial charge in [0.2, 0.25) is 0 Å². The maximum atomic E-state index is 13.2. The molecule has 34 heavy (non-hydrogen) atoms. The molecule has 2 saturated carbocycles. The standard InChI is InChI=1S/C26H28F2N2O4/c1-32-22-11-18(12-23(34-26(27)28)25(22)21(31)10-16-6-7-16)20-14-29-24-13-19(8-9-30(20)24)33-15-17-4-2-3-5-17/h8-9,11-14,16-17,26H,2-7,10,15H2,1H3. The number of carbonyl (C=O) groups excluding carboxylic acids is 1. The Kier molecular flexibility index (Phi) is 6.39. The van der Waals surface area contributed by atoms with Crippen LogP contribution in [0.5, 0.6) is 17.2 Å². The van der Waals surface area contributed by atoms with Crippen LogP contribution in [0, 0.1) is 11.8 Å². The van der Waals surface area contributed by atoms with Crippen molar-refractivity contribution in [1.29, 1.82) is 0 Å². The van der Waals surface area contributed by atoms with E-state index in [4.69, 9.17) is 14.2 Å². The van der Waals surface area contributed by atoms with Crippen LogP contribution in [0.3, 0.4) is 0 Å². The number of benzene rings is 1. The van der Waals surface area contributed by atoms with E-state index in [1.54, 1.807) is 12.3 Å². The van der Waals surface area contributed by atoms with Gasteiger partial charge in [-0.05, 0) is 55.7 Å². The lowest BCUT2D eigenvalue weighted by Gasteiger charge is -2.16. The molecule has 2 aliphatic rings. The minimum absolute atomic E-state index is 0.0647. The highest BCUT2D eigenvalue weighted by Gasteiger charge is 2.30. The normalized spacial score (nSPS) is 16.4. The summed E-state index contributed by atoms with van der Waals surface area (Å²) < 4.78 is 44.5. The van der Waals surface area contributed by atoms with Gasteiger partial charge < -0.3 is 14.2 Å². The molecule has 0 amide bonds. The summed E-state index contributed by atoms with van der Waals surface area (Å²) in [6.45, 7) is -2.36. The molecular formula is C26H28F2N2O4. The van der Waals surface area contributed by atoms with Crippen molar-refractivity contribution in [2.75, 3.05) is 13.7 Å². The number of rotatable bonds is 10. The quantitative estimate of drug-likeness (QED) is 0.332. The fourth-order valence-electron chi connectivity index (χ4n) is 4.71. The molecule has 2 aromatic heterocycles. The van der Waals surface area contributed by atoms with Crippen molar-refractivity contribution in [3.8, 4) is 28.5 Å². The Morgan fingerprint density at radius 3 is 2.59 bits per heavy atom. The van der Waals surface area contributed by atoms with Crippen LogP contribution in [-0.2, 0) is 0 Å². The molecule has 8 heteroatoms. The van der Waals surface area contributed by atoms with Gasteiger partial charge in [0.15, 0.2) is 5.78 Å². The summed E-state index contributed by atoms with van der Waals surface area (Å²) in [5.41, 5.74) is 1.96. The number of hydrogen-bond donors (Lipinski definition) is 0. The van der Waals surface area contributed by atoms with Crippen molar-refractivity contribution < 1.29 is 27.8 Å². The molecule has 0 bridgehead atoms. The van der Waals surface area contributed by atoms with Gasteiger partial charge in [0.25, 0.3) is 0 Å². The van der Waals surface area contributed by atoms with Crippen molar-refractivity contribution in [2.45, 2.75) is 51.6 Å². The van der Waals surface area contributed by atoms with Crippen LogP contribution in [0.25, 0.3) is 16.9 Å². The number of Topliss-reactive ketones (excluding diaryl/α,β-unsaturated/α-hetero) is 1. The van der Waals surface area contributed by atoms with E-state index >= 15 is 0 Å². The predicted octanol–water partition coefficient (Wildman–Crippen LogP) is 6.16. The van der Waals surface area contributed by atoms with Gasteiger partial charge in [-0.2, -0.15) is 8.78 Å². The average molecular weight is 471 g/mol. The van der Waals surface area contributed by atoms with E-state index < -0.39 is 6.61 Å². The van der Waals surface area contributed by atoms with E-state index in [-0.39, 0.29) is 22.8 Å². The van der Waals surface area contributed by atoms with E-state index in [2.05, 4.69) is 4.98 Å². The number of hydrogen-bond acceptors (Lipinski definition) is 5. The number of halogens is 2. The second-order valence-corrected chi connectivity index (χ2v) is 9.20. The van der Waals surface area contributed by atoms with Crippen molar-refractivity contribution in [3.63, 3.8) is 0 Å². The number of ketones is 1. The lowest BCUT2D eigenvalue weighted by atomic mass is 10.00. The van der Waals surface area contributed by atoms with Crippen molar-refractivity contribution in [2.24, 2.45) is 11.8 Å². The number of methoxy groups -OCH3 is 1. The van der Waals surface area contributed by atoms with Crippen LogP contribution in [0.4, 0.5) is 8.78 Å². The third-order valence-electron chi connectivity index (χ3n) is 6.69. The molecule has 180 valence electrons. The Balaban J connectivity index is 1.46. The molecular weight excluding hydrogens is 442 g/mol. The lowest BCUT2D eigenvalue weighted by Crippen LogP contribution is -2.11. The van der Waals surface area contributed by atoms with Gasteiger partial charge in [-0.15, -0.1) is 0 Å². The van der Waals surface area contributed by atoms with Crippen LogP contribution in [0.2, 0.25) is 0 Å². The van der Waals surface area contributed by atoms with Gasteiger partial charge in [-0.1, -0.05) is 12.8 Å². The molecule has 0 radical (unpaired) electrons. The first-order valence-corrected chi connectivity index (χ1v) is 11.8. The SMILES string of the molecule is COc1cc(-c2cnc3cc(OCC4CCCC4)ccn23)cc(OC(F)F)c1C(=O)CC1CC1. The summed E-state index contributed by atoms with van der Waals surface area (Å²) in [7, 11) is 1.42. The molecule has 0 atom stereocenters. The van der Waals surface area contributed by atoms with Gasteiger partial charge in [0.1, 0.15) is 28.5 Å². The zero-order chi connectivity index (χ0) is 23.7. The van der Waals surface area contributed by atoms with Crippen LogP contribution in [0.15, 0.2) is 36.7 Å². The Labute approximate surface area is 196 Å². The molecule has 0 unspecified atom stereocenters. The number of ether oxygens (including phenoxy) is 3. The zero-order valence-electron chi connectivity index (χ0n) is 19.1. The van der Waals surface area contributed by atoms with Crippen molar-refractivity contribution in [1.82, 2.24) is 9.38 Å². The minimum atomic E-state index is -3.06. The van der Waals surface area contributed by atoms with Crippen molar-refractivity contribution in [3.05, 3.63) is 42.2 Å². The van der Waals surface area contributed by atoms with E-state index in [0.717, 1.165) is 18.6 Å². The fraction of sp³-hybridized carbons (Fsp3) is 0.462. The summed E-state index contributed by atoms with van der Waals surface area (Å²) in [6, 6.07) is 6.86. The van der Waals surface area contributed by atoms with Gasteiger partial charge in [-0.25, -0.2) is 4.98 Å². The fourth-order valence-corrected chi connectivity index (χ4v) is 4.71. The predicted molar refractivity (Wildman–Crippen MR) is 123 cm³/mol. The van der Waals surface area contributed by atoms with E-state index in [1.165, 1.54) is 38.9 Å². The van der Waals surface area contributed by atoms with Gasteiger partial charge >= 0.3 is 6.61 Å². The van der Waals surface area contributed by atoms with E-state index in [0.29, 0.717) is 41.8 Å². The number of alkyl halides is 2. The van der Waals surface area contributed by atoms with Gasteiger partial charge in [0, 0.05) is 24.2 Å². The summed E-state index contributed by atoms with van der Waals surface area (Å²) >= 11 is 0.